The van der Waals surface area contributed by atoms with Crippen LogP contribution in [-0.2, 0) is 0 Å². The minimum absolute atomic E-state index is 0.487. The van der Waals surface area contributed by atoms with Crippen LogP contribution in [0.5, 0.6) is 0 Å². The molecule has 18 heavy (non-hydrogen) atoms. The fourth-order valence-corrected chi connectivity index (χ4v) is 2.18. The Morgan fingerprint density at radius 1 is 1.22 bits per heavy atom. The van der Waals surface area contributed by atoms with Crippen LogP contribution in [0.1, 0.15) is 41.5 Å². The van der Waals surface area contributed by atoms with Crippen molar-refractivity contribution >= 4 is 11.6 Å². The maximum absolute atomic E-state index is 6.08. The van der Waals surface area contributed by atoms with Crippen molar-refractivity contribution in [1.29, 1.82) is 0 Å². The molecule has 0 atom stereocenters. The number of aryl methyl sites for hydroxylation is 1. The largest absolute Gasteiger partial charge is 0.221 e. The van der Waals surface area contributed by atoms with E-state index in [0.717, 1.165) is 35.9 Å². The molecule has 1 aliphatic rings. The average molecular weight is 263 g/mol. The van der Waals surface area contributed by atoms with Crippen LogP contribution in [0.15, 0.2) is 6.07 Å². The lowest BCUT2D eigenvalue weighted by molar-refractivity contribution is 0.780. The number of aromatic nitrogens is 4. The fourth-order valence-electron chi connectivity index (χ4n) is 2.00. The van der Waals surface area contributed by atoms with Gasteiger partial charge in [0.15, 0.2) is 5.82 Å². The number of nitrogens with zero attached hydrogens (tertiary/aromatic N) is 4. The van der Waals surface area contributed by atoms with Crippen molar-refractivity contribution in [2.75, 3.05) is 0 Å². The van der Waals surface area contributed by atoms with Gasteiger partial charge in [-0.3, -0.25) is 0 Å². The zero-order chi connectivity index (χ0) is 12.9. The minimum atomic E-state index is 0.487. The lowest BCUT2D eigenvalue weighted by Crippen LogP contribution is -2.05. The molecule has 3 rings (SSSR count). The summed E-state index contributed by atoms with van der Waals surface area (Å²) in [5, 5.41) is 5.00. The molecule has 0 bridgehead atoms. The first-order valence-corrected chi connectivity index (χ1v) is 6.51. The van der Waals surface area contributed by atoms with Crippen LogP contribution in [0.3, 0.4) is 0 Å². The summed E-state index contributed by atoms with van der Waals surface area (Å²) in [5.74, 6) is 2.11. The molecule has 1 saturated carbocycles. The van der Waals surface area contributed by atoms with Gasteiger partial charge in [0, 0.05) is 17.7 Å². The highest BCUT2D eigenvalue weighted by Crippen LogP contribution is 2.38. The van der Waals surface area contributed by atoms with Gasteiger partial charge in [0.05, 0.1) is 5.69 Å². The molecule has 2 aromatic rings. The second-order valence-corrected chi connectivity index (χ2v) is 5.28. The van der Waals surface area contributed by atoms with Crippen molar-refractivity contribution in [2.24, 2.45) is 0 Å². The van der Waals surface area contributed by atoms with Gasteiger partial charge in [-0.25, -0.2) is 14.6 Å². The van der Waals surface area contributed by atoms with Crippen LogP contribution in [0.4, 0.5) is 0 Å². The van der Waals surface area contributed by atoms with Gasteiger partial charge in [0.25, 0.3) is 0 Å². The Balaban J connectivity index is 2.12. The van der Waals surface area contributed by atoms with Gasteiger partial charge in [-0.2, -0.15) is 5.10 Å². The second kappa shape index (κ2) is 4.05. The third-order valence-electron chi connectivity index (χ3n) is 3.51. The Morgan fingerprint density at radius 3 is 2.50 bits per heavy atom. The molecule has 1 fully saturated rings. The third-order valence-corrected chi connectivity index (χ3v) is 3.70. The predicted molar refractivity (Wildman–Crippen MR) is 70.4 cm³/mol. The molecule has 94 valence electrons. The standard InChI is InChI=1S/C13H15ClN4/c1-7-8(2)17-18(9(7)3)12-6-11(14)15-13(16-12)10-4-5-10/h6,10H,4-5H2,1-3H3. The summed E-state index contributed by atoms with van der Waals surface area (Å²) in [6, 6.07) is 1.77. The van der Waals surface area contributed by atoms with E-state index >= 15 is 0 Å². The smallest absolute Gasteiger partial charge is 0.158 e. The van der Waals surface area contributed by atoms with E-state index < -0.39 is 0 Å². The molecule has 0 radical (unpaired) electrons. The molecule has 1 aliphatic carbocycles. The van der Waals surface area contributed by atoms with Crippen molar-refractivity contribution in [3.05, 3.63) is 34.0 Å². The lowest BCUT2D eigenvalue weighted by atomic mass is 10.2. The molecular formula is C13H15ClN4. The highest BCUT2D eigenvalue weighted by Gasteiger charge is 2.27. The maximum Gasteiger partial charge on any atom is 0.158 e. The van der Waals surface area contributed by atoms with E-state index in [2.05, 4.69) is 22.0 Å². The zero-order valence-corrected chi connectivity index (χ0v) is 11.5. The SMILES string of the molecule is Cc1nn(-c2cc(Cl)nc(C3CC3)n2)c(C)c1C. The average Bonchev–Trinajstić information content (AvgIpc) is 3.13. The molecule has 0 spiro atoms. The maximum atomic E-state index is 6.08. The molecule has 0 amide bonds. The Morgan fingerprint density at radius 2 is 1.94 bits per heavy atom. The van der Waals surface area contributed by atoms with E-state index in [0.29, 0.717) is 11.1 Å². The van der Waals surface area contributed by atoms with Crippen molar-refractivity contribution in [3.63, 3.8) is 0 Å². The van der Waals surface area contributed by atoms with E-state index in [1.165, 1.54) is 5.56 Å². The minimum Gasteiger partial charge on any atom is -0.221 e. The van der Waals surface area contributed by atoms with Gasteiger partial charge >= 0.3 is 0 Å². The summed E-state index contributed by atoms with van der Waals surface area (Å²) < 4.78 is 1.85. The fraction of sp³-hybridized carbons (Fsp3) is 0.462. The molecule has 0 N–H and O–H groups in total. The quantitative estimate of drug-likeness (QED) is 0.781. The van der Waals surface area contributed by atoms with Gasteiger partial charge in [0.1, 0.15) is 11.0 Å². The molecule has 2 aromatic heterocycles. The molecule has 0 saturated heterocycles. The predicted octanol–water partition coefficient (Wildman–Crippen LogP) is 3.12. The van der Waals surface area contributed by atoms with E-state index in [9.17, 15) is 0 Å². The topological polar surface area (TPSA) is 43.6 Å². The molecule has 2 heterocycles. The third kappa shape index (κ3) is 1.90. The van der Waals surface area contributed by atoms with Crippen molar-refractivity contribution < 1.29 is 0 Å². The van der Waals surface area contributed by atoms with Crippen molar-refractivity contribution in [3.8, 4) is 5.82 Å². The summed E-state index contributed by atoms with van der Waals surface area (Å²) in [4.78, 5) is 8.88. The lowest BCUT2D eigenvalue weighted by Gasteiger charge is -2.06. The molecule has 0 aliphatic heterocycles. The second-order valence-electron chi connectivity index (χ2n) is 4.89. The van der Waals surface area contributed by atoms with E-state index in [1.807, 2.05) is 18.5 Å². The van der Waals surface area contributed by atoms with Crippen LogP contribution in [0, 0.1) is 20.8 Å². The summed E-state index contributed by atoms with van der Waals surface area (Å²) >= 11 is 6.08. The number of rotatable bonds is 2. The summed E-state index contributed by atoms with van der Waals surface area (Å²) in [6.07, 6.45) is 2.33. The summed E-state index contributed by atoms with van der Waals surface area (Å²) in [5.41, 5.74) is 3.32. The number of halogens is 1. The van der Waals surface area contributed by atoms with Gasteiger partial charge in [-0.1, -0.05) is 11.6 Å². The van der Waals surface area contributed by atoms with Gasteiger partial charge in [-0.05, 0) is 39.2 Å². The number of hydrogen-bond acceptors (Lipinski definition) is 3. The Bertz CT molecular complexity index is 614. The van der Waals surface area contributed by atoms with Gasteiger partial charge < -0.3 is 0 Å². The van der Waals surface area contributed by atoms with Gasteiger partial charge in [0.2, 0.25) is 0 Å². The highest BCUT2D eigenvalue weighted by molar-refractivity contribution is 6.29. The van der Waals surface area contributed by atoms with Crippen molar-refractivity contribution in [1.82, 2.24) is 19.7 Å². The van der Waals surface area contributed by atoms with Crippen molar-refractivity contribution in [2.45, 2.75) is 39.5 Å². The normalized spacial score (nSPS) is 15.1. The monoisotopic (exact) mass is 262 g/mol. The first kappa shape index (κ1) is 11.7. The van der Waals surface area contributed by atoms with Crippen LogP contribution in [-0.4, -0.2) is 19.7 Å². The van der Waals surface area contributed by atoms with E-state index in [-0.39, 0.29) is 0 Å². The molecular weight excluding hydrogens is 248 g/mol. The Hall–Kier alpha value is -1.42. The first-order chi connectivity index (χ1) is 8.56. The number of hydrogen-bond donors (Lipinski definition) is 0. The summed E-state index contributed by atoms with van der Waals surface area (Å²) in [7, 11) is 0. The van der Waals surface area contributed by atoms with Crippen LogP contribution in [0.2, 0.25) is 5.15 Å². The van der Waals surface area contributed by atoms with Crippen LogP contribution >= 0.6 is 11.6 Å². The molecule has 0 unspecified atom stereocenters. The molecule has 0 aromatic carbocycles. The first-order valence-electron chi connectivity index (χ1n) is 6.14. The van der Waals surface area contributed by atoms with E-state index in [4.69, 9.17) is 11.6 Å². The molecule has 5 heteroatoms. The highest BCUT2D eigenvalue weighted by atomic mass is 35.5. The Kier molecular flexibility index (Phi) is 2.63. The van der Waals surface area contributed by atoms with Crippen LogP contribution < -0.4 is 0 Å². The van der Waals surface area contributed by atoms with Crippen LogP contribution in [0.25, 0.3) is 5.82 Å². The van der Waals surface area contributed by atoms with Gasteiger partial charge in [-0.15, -0.1) is 0 Å². The summed E-state index contributed by atoms with van der Waals surface area (Å²) in [6.45, 7) is 6.12. The van der Waals surface area contributed by atoms with E-state index in [1.54, 1.807) is 6.07 Å². The Labute approximate surface area is 111 Å². The molecule has 4 nitrogen and oxygen atoms in total. The zero-order valence-electron chi connectivity index (χ0n) is 10.7.